The molecule has 0 fully saturated rings. The van der Waals surface area contributed by atoms with Gasteiger partial charge in [-0.2, -0.15) is 0 Å². The van der Waals surface area contributed by atoms with Gasteiger partial charge in [-0.3, -0.25) is 9.79 Å². The SMILES string of the molecule is C/C=C\N(C)C(Nc1ccc(C(=O)NC(CCC)CCC)c(C)c1)/C(C)=N/C=C(\C)c1ccc(NC)c(F)c1F. The van der Waals surface area contributed by atoms with Crippen molar-refractivity contribution in [1.82, 2.24) is 10.2 Å². The fraction of sp³-hybridized carbons (Fsp3) is 0.438. The number of rotatable bonds is 14. The maximum atomic E-state index is 14.6. The van der Waals surface area contributed by atoms with E-state index in [-0.39, 0.29) is 29.4 Å². The lowest BCUT2D eigenvalue weighted by Crippen LogP contribution is -2.40. The lowest BCUT2D eigenvalue weighted by molar-refractivity contribution is 0.0932. The van der Waals surface area contributed by atoms with Crippen molar-refractivity contribution in [2.45, 2.75) is 79.4 Å². The maximum absolute atomic E-state index is 14.6. The first-order valence-electron chi connectivity index (χ1n) is 14.0. The number of nitrogens with one attached hydrogen (secondary N) is 3. The topological polar surface area (TPSA) is 68.8 Å². The summed E-state index contributed by atoms with van der Waals surface area (Å²) >= 11 is 0. The van der Waals surface area contributed by atoms with Crippen LogP contribution in [0.3, 0.4) is 0 Å². The van der Waals surface area contributed by atoms with Crippen molar-refractivity contribution in [3.8, 4) is 0 Å². The number of aryl methyl sites for hydroxylation is 1. The van der Waals surface area contributed by atoms with Gasteiger partial charge in [0.05, 0.1) is 11.4 Å². The summed E-state index contributed by atoms with van der Waals surface area (Å²) in [4.78, 5) is 19.5. The van der Waals surface area contributed by atoms with E-state index < -0.39 is 11.6 Å². The molecular formula is C32H45F2N5O. The minimum atomic E-state index is -0.917. The Balaban J connectivity index is 2.30. The number of allylic oxidation sites excluding steroid dienone is 2. The number of nitrogens with zero attached hydrogens (tertiary/aromatic N) is 2. The normalized spacial score (nSPS) is 13.1. The summed E-state index contributed by atoms with van der Waals surface area (Å²) in [7, 11) is 3.47. The van der Waals surface area contributed by atoms with Crippen LogP contribution in [-0.4, -0.2) is 42.8 Å². The number of amides is 1. The molecule has 0 aliphatic heterocycles. The molecule has 0 bridgehead atoms. The fourth-order valence-corrected chi connectivity index (χ4v) is 4.62. The highest BCUT2D eigenvalue weighted by molar-refractivity contribution is 5.96. The van der Waals surface area contributed by atoms with Crippen molar-refractivity contribution in [3.05, 3.63) is 77.1 Å². The molecule has 1 amide bonds. The first kappa shape index (κ1) is 32.5. The summed E-state index contributed by atoms with van der Waals surface area (Å²) < 4.78 is 28.9. The first-order valence-corrected chi connectivity index (χ1v) is 14.0. The number of hydrogen-bond donors (Lipinski definition) is 3. The van der Waals surface area contributed by atoms with Gasteiger partial charge in [0.2, 0.25) is 0 Å². The molecule has 2 rings (SSSR count). The highest BCUT2D eigenvalue weighted by Crippen LogP contribution is 2.25. The van der Waals surface area contributed by atoms with Gasteiger partial charge < -0.3 is 20.9 Å². The standard InChI is InChI=1S/C32H45F2N5O/c1-9-12-24(13-10-2)38-32(40)27-15-14-25(19-21(27)4)37-31(39(8)18-11-3)23(6)36-20-22(5)26-16-17-28(35-7)30(34)29(26)33/h11,14-20,24,31,35,37H,9-10,12-13H2,1-8H3,(H,38,40)/b18-11-,22-20+,36-23+. The van der Waals surface area contributed by atoms with Gasteiger partial charge in [0.25, 0.3) is 5.91 Å². The number of carbonyl (C=O) groups excluding carboxylic acids is 1. The minimum Gasteiger partial charge on any atom is -0.386 e. The molecule has 8 heteroatoms. The lowest BCUT2D eigenvalue weighted by Gasteiger charge is -2.29. The molecule has 2 aromatic rings. The Bertz CT molecular complexity index is 1230. The van der Waals surface area contributed by atoms with E-state index in [2.05, 4.69) is 34.8 Å². The largest absolute Gasteiger partial charge is 0.386 e. The summed E-state index contributed by atoms with van der Waals surface area (Å²) in [5.41, 5.74) is 3.84. The average molecular weight is 554 g/mol. The molecular weight excluding hydrogens is 508 g/mol. The van der Waals surface area contributed by atoms with Gasteiger partial charge in [0.1, 0.15) is 6.17 Å². The molecule has 2 aromatic carbocycles. The third-order valence-corrected chi connectivity index (χ3v) is 6.81. The summed E-state index contributed by atoms with van der Waals surface area (Å²) in [6, 6.07) is 8.91. The van der Waals surface area contributed by atoms with Crippen LogP contribution in [0.15, 0.2) is 53.8 Å². The molecule has 1 unspecified atom stereocenters. The minimum absolute atomic E-state index is 0.0525. The lowest BCUT2D eigenvalue weighted by atomic mass is 10.0. The summed E-state index contributed by atoms with van der Waals surface area (Å²) in [5, 5.41) is 9.32. The van der Waals surface area contributed by atoms with E-state index in [0.29, 0.717) is 16.8 Å². The Morgan fingerprint density at radius 3 is 2.27 bits per heavy atom. The molecule has 6 nitrogen and oxygen atoms in total. The van der Waals surface area contributed by atoms with Crippen molar-refractivity contribution in [2.75, 3.05) is 24.7 Å². The fourth-order valence-electron chi connectivity index (χ4n) is 4.62. The van der Waals surface area contributed by atoms with Crippen molar-refractivity contribution in [2.24, 2.45) is 4.99 Å². The molecule has 0 aliphatic carbocycles. The molecule has 40 heavy (non-hydrogen) atoms. The van der Waals surface area contributed by atoms with E-state index in [1.165, 1.54) is 12.1 Å². The summed E-state index contributed by atoms with van der Waals surface area (Å²) in [6.45, 7) is 11.7. The summed E-state index contributed by atoms with van der Waals surface area (Å²) in [5.74, 6) is -1.88. The van der Waals surface area contributed by atoms with Gasteiger partial charge in [-0.25, -0.2) is 8.78 Å². The maximum Gasteiger partial charge on any atom is 0.251 e. The second kappa shape index (κ2) is 15.8. The van der Waals surface area contributed by atoms with Crippen LogP contribution >= 0.6 is 0 Å². The van der Waals surface area contributed by atoms with Gasteiger partial charge in [-0.1, -0.05) is 32.8 Å². The van der Waals surface area contributed by atoms with Crippen molar-refractivity contribution < 1.29 is 13.6 Å². The van der Waals surface area contributed by atoms with E-state index in [1.54, 1.807) is 20.2 Å². The highest BCUT2D eigenvalue weighted by atomic mass is 19.2. The first-order chi connectivity index (χ1) is 19.1. The molecule has 0 radical (unpaired) electrons. The summed E-state index contributed by atoms with van der Waals surface area (Å²) in [6.07, 6.45) is 9.05. The zero-order valence-electron chi connectivity index (χ0n) is 25.2. The zero-order chi connectivity index (χ0) is 29.8. The number of benzene rings is 2. The monoisotopic (exact) mass is 553 g/mol. The number of anilines is 2. The third-order valence-electron chi connectivity index (χ3n) is 6.81. The van der Waals surface area contributed by atoms with Crippen LogP contribution in [0.4, 0.5) is 20.2 Å². The van der Waals surface area contributed by atoms with E-state index in [4.69, 9.17) is 0 Å². The Morgan fingerprint density at radius 1 is 1.05 bits per heavy atom. The van der Waals surface area contributed by atoms with E-state index >= 15 is 0 Å². The Labute approximate surface area is 238 Å². The molecule has 0 spiro atoms. The Kier molecular flexibility index (Phi) is 12.8. The zero-order valence-corrected chi connectivity index (χ0v) is 25.2. The molecule has 0 saturated carbocycles. The molecule has 218 valence electrons. The quantitative estimate of drug-likeness (QED) is 0.165. The second-order valence-electron chi connectivity index (χ2n) is 10.1. The molecule has 3 N–H and O–H groups in total. The van der Waals surface area contributed by atoms with Crippen LogP contribution in [0.1, 0.15) is 81.8 Å². The van der Waals surface area contributed by atoms with Gasteiger partial charge in [0.15, 0.2) is 11.6 Å². The molecule has 0 saturated heterocycles. The Morgan fingerprint density at radius 2 is 1.70 bits per heavy atom. The number of aliphatic imine (C=N–C) groups is 1. The molecule has 0 heterocycles. The van der Waals surface area contributed by atoms with Gasteiger partial charge >= 0.3 is 0 Å². The van der Waals surface area contributed by atoms with Crippen molar-refractivity contribution in [1.29, 1.82) is 0 Å². The molecule has 0 aromatic heterocycles. The van der Waals surface area contributed by atoms with Crippen LogP contribution in [-0.2, 0) is 0 Å². The van der Waals surface area contributed by atoms with E-state index in [1.807, 2.05) is 63.2 Å². The van der Waals surface area contributed by atoms with E-state index in [9.17, 15) is 13.6 Å². The average Bonchev–Trinajstić information content (AvgIpc) is 2.92. The second-order valence-corrected chi connectivity index (χ2v) is 10.1. The van der Waals surface area contributed by atoms with Gasteiger partial charge in [-0.05, 0) is 88.2 Å². The van der Waals surface area contributed by atoms with Crippen LogP contribution in [0, 0.1) is 18.6 Å². The number of halogens is 2. The van der Waals surface area contributed by atoms with Crippen molar-refractivity contribution >= 4 is 28.6 Å². The predicted octanol–water partition coefficient (Wildman–Crippen LogP) is 7.74. The predicted molar refractivity (Wildman–Crippen MR) is 165 cm³/mol. The number of hydrogen-bond acceptors (Lipinski definition) is 5. The molecule has 1 atom stereocenters. The highest BCUT2D eigenvalue weighted by Gasteiger charge is 2.19. The van der Waals surface area contributed by atoms with Gasteiger partial charge in [-0.15, -0.1) is 0 Å². The van der Waals surface area contributed by atoms with Crippen LogP contribution < -0.4 is 16.0 Å². The third kappa shape index (κ3) is 8.66. The van der Waals surface area contributed by atoms with Crippen LogP contribution in [0.5, 0.6) is 0 Å². The van der Waals surface area contributed by atoms with Crippen molar-refractivity contribution in [3.63, 3.8) is 0 Å². The van der Waals surface area contributed by atoms with Crippen LogP contribution in [0.2, 0.25) is 0 Å². The Hall–Kier alpha value is -3.68. The van der Waals surface area contributed by atoms with Gasteiger partial charge in [0, 0.05) is 43.2 Å². The smallest absolute Gasteiger partial charge is 0.251 e. The molecule has 0 aliphatic rings. The van der Waals surface area contributed by atoms with Crippen LogP contribution in [0.25, 0.3) is 5.57 Å². The van der Waals surface area contributed by atoms with E-state index in [0.717, 1.165) is 36.9 Å². The number of carbonyl (C=O) groups is 1.